The van der Waals surface area contributed by atoms with Crippen molar-refractivity contribution in [2.75, 3.05) is 31.3 Å². The number of hydrogen-bond donors (Lipinski definition) is 3. The van der Waals surface area contributed by atoms with Crippen LogP contribution in [0.5, 0.6) is 0 Å². The third-order valence-corrected chi connectivity index (χ3v) is 15.5. The van der Waals surface area contributed by atoms with Crippen molar-refractivity contribution in [2.24, 2.45) is 10.8 Å². The summed E-state index contributed by atoms with van der Waals surface area (Å²) in [4.78, 5) is 95.7. The number of hydrazine groups is 3. The van der Waals surface area contributed by atoms with Crippen LogP contribution in [0.4, 0.5) is 102 Å². The molecule has 0 bridgehead atoms. The SMILES string of the molecule is CC(C)(C)CC(C)(C)c1ccc(N(Nc2c([N+](=O)[O-])cc([N+](=O)[O-])cc2[N+](=O)[O-])c2ccc(C(C)(C)CC(C)(C)C)cc2)cc1.O=[N+]([O-])c1cc([N+](=O)[O-])c(NN(c2ccccc2)c2ccccc2)c([N+](=O)[O-])c1.O=[N+]([O-])c1cc([N+](=O)[O-])c(NN(c2ccccc2)c2ccccc2)c([N+](=O)[O-])c1. The normalized spacial score (nSPS) is 11.2. The summed E-state index contributed by atoms with van der Waals surface area (Å²) in [5.41, 5.74) is 5.28. The summed E-state index contributed by atoms with van der Waals surface area (Å²) in [6.45, 7) is 21.8. The van der Waals surface area contributed by atoms with Crippen LogP contribution in [0, 0.1) is 102 Å². The Morgan fingerprint density at radius 1 is 0.262 bits per heavy atom. The van der Waals surface area contributed by atoms with Gasteiger partial charge in [0.25, 0.3) is 17.1 Å². The van der Waals surface area contributed by atoms with Gasteiger partial charge in [0.1, 0.15) is 0 Å². The highest BCUT2D eigenvalue weighted by Gasteiger charge is 2.37. The molecule has 0 heterocycles. The molecule has 0 aliphatic rings. The number of rotatable bonds is 25. The molecular formula is C70H71N15O18. The van der Waals surface area contributed by atoms with Crippen LogP contribution < -0.4 is 31.3 Å². The molecule has 0 aliphatic carbocycles. The zero-order chi connectivity index (χ0) is 76.1. The van der Waals surface area contributed by atoms with E-state index < -0.39 is 113 Å². The summed E-state index contributed by atoms with van der Waals surface area (Å²) in [5, 5.41) is 108. The number of nitrogens with zero attached hydrogens (tertiary/aromatic N) is 12. The van der Waals surface area contributed by atoms with Crippen molar-refractivity contribution in [1.29, 1.82) is 0 Å². The minimum Gasteiger partial charge on any atom is -0.282 e. The third-order valence-electron chi connectivity index (χ3n) is 15.5. The summed E-state index contributed by atoms with van der Waals surface area (Å²) in [6, 6.07) is 54.0. The molecule has 0 spiro atoms. The lowest BCUT2D eigenvalue weighted by molar-refractivity contribution is -0.402. The lowest BCUT2D eigenvalue weighted by Gasteiger charge is -2.34. The van der Waals surface area contributed by atoms with Gasteiger partial charge in [0.15, 0.2) is 0 Å². The molecule has 0 fully saturated rings. The zero-order valence-electron chi connectivity index (χ0n) is 57.3. The quantitative estimate of drug-likeness (QED) is 0.0353. The first-order chi connectivity index (χ1) is 48.3. The highest BCUT2D eigenvalue weighted by molar-refractivity contribution is 5.84. The third kappa shape index (κ3) is 19.8. The van der Waals surface area contributed by atoms with E-state index in [0.717, 1.165) is 36.1 Å². The van der Waals surface area contributed by atoms with Crippen molar-refractivity contribution in [2.45, 2.75) is 92.9 Å². The molecule has 0 radical (unpaired) electrons. The van der Waals surface area contributed by atoms with E-state index in [-0.39, 0.29) is 21.7 Å². The van der Waals surface area contributed by atoms with Gasteiger partial charge in [0, 0.05) is 0 Å². The van der Waals surface area contributed by atoms with Crippen LogP contribution in [0.3, 0.4) is 0 Å². The second kappa shape index (κ2) is 31.9. The number of hydrogen-bond acceptors (Lipinski definition) is 24. The van der Waals surface area contributed by atoms with Gasteiger partial charge >= 0.3 is 34.1 Å². The minimum atomic E-state index is -0.921. The monoisotopic (exact) mass is 1410 g/mol. The molecule has 33 heteroatoms. The maximum Gasteiger partial charge on any atom is 0.308 e. The first kappa shape index (κ1) is 76.7. The summed E-state index contributed by atoms with van der Waals surface area (Å²) in [6.07, 6.45) is 1.85. The number of non-ortho nitro benzene ring substituents is 3. The average Bonchev–Trinajstić information content (AvgIpc) is 0.791. The molecule has 0 aliphatic heterocycles. The van der Waals surface area contributed by atoms with Crippen molar-refractivity contribution < 1.29 is 44.3 Å². The molecule has 3 N–H and O–H groups in total. The fourth-order valence-electron chi connectivity index (χ4n) is 11.8. The second-order valence-corrected chi connectivity index (χ2v) is 26.9. The Morgan fingerprint density at radius 2 is 0.437 bits per heavy atom. The smallest absolute Gasteiger partial charge is 0.282 e. The lowest BCUT2D eigenvalue weighted by atomic mass is 9.72. The Hall–Kier alpha value is -13.6. The van der Waals surface area contributed by atoms with Gasteiger partial charge in [0.05, 0.1) is 115 Å². The van der Waals surface area contributed by atoms with Crippen LogP contribution in [0.1, 0.15) is 93.2 Å². The molecule has 534 valence electrons. The van der Waals surface area contributed by atoms with Gasteiger partial charge in [0.2, 0.25) is 17.1 Å². The fraction of sp³-hybridized carbons (Fsp3) is 0.229. The van der Waals surface area contributed by atoms with Gasteiger partial charge in [-0.15, -0.1) is 0 Å². The predicted molar refractivity (Wildman–Crippen MR) is 389 cm³/mol. The van der Waals surface area contributed by atoms with Crippen molar-refractivity contribution in [3.63, 3.8) is 0 Å². The van der Waals surface area contributed by atoms with Crippen LogP contribution in [0.25, 0.3) is 0 Å². The van der Waals surface area contributed by atoms with Crippen LogP contribution in [-0.4, -0.2) is 44.3 Å². The van der Waals surface area contributed by atoms with E-state index in [1.807, 2.05) is 48.5 Å². The summed E-state index contributed by atoms with van der Waals surface area (Å²) in [7, 11) is 0. The highest BCUT2D eigenvalue weighted by atomic mass is 16.7. The topological polar surface area (TPSA) is 434 Å². The van der Waals surface area contributed by atoms with E-state index in [0.29, 0.717) is 58.4 Å². The number of nitro groups is 9. The Kier molecular flexibility index (Phi) is 23.8. The van der Waals surface area contributed by atoms with Gasteiger partial charge < -0.3 is 0 Å². The van der Waals surface area contributed by atoms with E-state index in [2.05, 4.69) is 85.5 Å². The molecule has 0 saturated heterocycles. The van der Waals surface area contributed by atoms with E-state index in [9.17, 15) is 91.0 Å². The van der Waals surface area contributed by atoms with Gasteiger partial charge in [-0.05, 0) is 118 Å². The summed E-state index contributed by atoms with van der Waals surface area (Å²) >= 11 is 0. The Bertz CT molecular complexity index is 4210. The molecule has 103 heavy (non-hydrogen) atoms. The Morgan fingerprint density at radius 3 is 0.592 bits per heavy atom. The fourth-order valence-corrected chi connectivity index (χ4v) is 11.8. The average molecular weight is 1410 g/mol. The molecule has 0 amide bonds. The first-order valence-corrected chi connectivity index (χ1v) is 31.2. The van der Waals surface area contributed by atoms with Crippen LogP contribution in [0.15, 0.2) is 206 Å². The van der Waals surface area contributed by atoms with Crippen LogP contribution in [0.2, 0.25) is 0 Å². The van der Waals surface area contributed by atoms with E-state index in [1.165, 1.54) is 15.0 Å². The zero-order valence-corrected chi connectivity index (χ0v) is 57.3. The predicted octanol–water partition coefficient (Wildman–Crippen LogP) is 19.2. The van der Waals surface area contributed by atoms with Crippen molar-refractivity contribution in [3.8, 4) is 0 Å². The van der Waals surface area contributed by atoms with Crippen LogP contribution >= 0.6 is 0 Å². The molecule has 33 nitrogen and oxygen atoms in total. The number of nitrogens with one attached hydrogen (secondary N) is 3. The molecule has 9 aromatic carbocycles. The van der Waals surface area contributed by atoms with Gasteiger partial charge in [-0.2, -0.15) is 0 Å². The first-order valence-electron chi connectivity index (χ1n) is 31.2. The highest BCUT2D eigenvalue weighted by Crippen LogP contribution is 2.46. The van der Waals surface area contributed by atoms with Gasteiger partial charge in [-0.1, -0.05) is 166 Å². The standard InChI is InChI=1S/C34H45N5O6.2C18H13N5O6/c1-31(2,3)21-33(7,8)23-11-15-25(16-12-23)36(26-17-13-24(14-18-26)34(9,10)22-32(4,5)6)35-30-28(38(42)43)19-27(37(40)41)20-29(30)39(44)45;2*24-21(25)15-11-16(22(26)27)18(17(12-15)23(28)29)19-20(13-7-3-1-4-8-13)14-9-5-2-6-10-14/h11-20,35H,21-22H2,1-10H3;2*1-12,19H. The van der Waals surface area contributed by atoms with E-state index >= 15 is 0 Å². The van der Waals surface area contributed by atoms with Crippen molar-refractivity contribution in [1.82, 2.24) is 0 Å². The van der Waals surface area contributed by atoms with Gasteiger partial charge in [-0.25, -0.2) is 0 Å². The summed E-state index contributed by atoms with van der Waals surface area (Å²) < 4.78 is 0. The van der Waals surface area contributed by atoms with Crippen molar-refractivity contribution in [3.05, 3.63) is 308 Å². The number of nitro benzene ring substituents is 9. The van der Waals surface area contributed by atoms with Gasteiger partial charge in [-0.3, -0.25) is 122 Å². The largest absolute Gasteiger partial charge is 0.308 e. The molecule has 0 unspecified atom stereocenters. The summed E-state index contributed by atoms with van der Waals surface area (Å²) in [5.74, 6) is 0. The Balaban J connectivity index is 0.000000225. The van der Waals surface area contributed by atoms with Crippen molar-refractivity contribution >= 4 is 102 Å². The lowest BCUT2D eigenvalue weighted by Crippen LogP contribution is -2.27. The second-order valence-electron chi connectivity index (χ2n) is 26.9. The molecule has 9 rings (SSSR count). The van der Waals surface area contributed by atoms with E-state index in [1.54, 1.807) is 121 Å². The molecule has 0 saturated carbocycles. The molecule has 9 aromatic rings. The minimum absolute atomic E-state index is 0.0894. The molecular weight excluding hydrogens is 1340 g/mol. The number of para-hydroxylation sites is 4. The molecule has 0 aromatic heterocycles. The van der Waals surface area contributed by atoms with E-state index in [4.69, 9.17) is 0 Å². The maximum absolute atomic E-state index is 12.1. The number of benzene rings is 9. The number of anilines is 9. The maximum atomic E-state index is 12.1. The molecule has 0 atom stereocenters. The van der Waals surface area contributed by atoms with Crippen LogP contribution in [-0.2, 0) is 10.8 Å². The Labute approximate surface area is 587 Å².